The van der Waals surface area contributed by atoms with Gasteiger partial charge in [-0.2, -0.15) is 0 Å². The number of nitrogens with zero attached hydrogens (tertiary/aromatic N) is 1. The number of aromatic nitrogens is 1. The minimum absolute atomic E-state index is 0.597. The highest BCUT2D eigenvalue weighted by atomic mass is 35.5. The van der Waals surface area contributed by atoms with Crippen molar-refractivity contribution in [2.24, 2.45) is 0 Å². The van der Waals surface area contributed by atoms with Crippen molar-refractivity contribution in [3.8, 4) is 0 Å². The highest BCUT2D eigenvalue weighted by Gasteiger charge is 1.93. The maximum atomic E-state index is 5.67. The molecule has 0 aliphatic carbocycles. The zero-order chi connectivity index (χ0) is 6.69. The number of pyridine rings is 1. The molecule has 1 rings (SSSR count). The third-order valence-electron chi connectivity index (χ3n) is 0.941. The molecule has 1 aromatic heterocycles. The molecule has 0 atom stereocenters. The van der Waals surface area contributed by atoms with Gasteiger partial charge in [-0.3, -0.25) is 0 Å². The molecule has 1 N–H and O–H groups in total. The Morgan fingerprint density at radius 1 is 1.78 bits per heavy atom. The van der Waals surface area contributed by atoms with Gasteiger partial charge in [0.25, 0.3) is 0 Å². The molecule has 0 saturated heterocycles. The second kappa shape index (κ2) is 2.69. The Balaban J connectivity index is 3.01. The molecule has 0 aliphatic rings. The van der Waals surface area contributed by atoms with Crippen LogP contribution in [0.15, 0.2) is 12.3 Å². The van der Waals surface area contributed by atoms with E-state index >= 15 is 0 Å². The van der Waals surface area contributed by atoms with Crippen LogP contribution in [0, 0.1) is 6.07 Å². The number of hydrogen-bond acceptors (Lipinski definition) is 2. The molecule has 0 aromatic carbocycles. The number of nitrogens with one attached hydrogen (secondary N) is 1. The molecule has 1 heterocycles. The molecule has 9 heavy (non-hydrogen) atoms. The first kappa shape index (κ1) is 6.36. The Bertz CT molecular complexity index is 200. The van der Waals surface area contributed by atoms with Gasteiger partial charge in [-0.25, -0.2) is 4.98 Å². The lowest BCUT2D eigenvalue weighted by atomic mass is 10.5. The Morgan fingerprint density at radius 3 is 3.00 bits per heavy atom. The van der Waals surface area contributed by atoms with Gasteiger partial charge < -0.3 is 5.32 Å². The first-order chi connectivity index (χ1) is 4.34. The minimum Gasteiger partial charge on any atom is -0.372 e. The molecule has 0 unspecified atom stereocenters. The van der Waals surface area contributed by atoms with Crippen LogP contribution in [0.25, 0.3) is 0 Å². The summed E-state index contributed by atoms with van der Waals surface area (Å²) < 4.78 is 0. The summed E-state index contributed by atoms with van der Waals surface area (Å²) >= 11 is 5.67. The highest BCUT2D eigenvalue weighted by molar-refractivity contribution is 6.32. The number of hydrogen-bond donors (Lipinski definition) is 1. The Morgan fingerprint density at radius 2 is 2.56 bits per heavy atom. The van der Waals surface area contributed by atoms with Crippen LogP contribution in [0.4, 0.5) is 5.82 Å². The average molecular weight is 142 g/mol. The molecule has 0 fully saturated rings. The van der Waals surface area contributed by atoms with Gasteiger partial charge in [0.2, 0.25) is 0 Å². The van der Waals surface area contributed by atoms with Crippen LogP contribution >= 0.6 is 11.6 Å². The van der Waals surface area contributed by atoms with Crippen molar-refractivity contribution in [3.63, 3.8) is 0 Å². The van der Waals surface area contributed by atoms with E-state index in [1.54, 1.807) is 19.3 Å². The summed E-state index contributed by atoms with van der Waals surface area (Å²) in [4.78, 5) is 3.90. The van der Waals surface area contributed by atoms with Crippen LogP contribution < -0.4 is 5.32 Å². The second-order valence-corrected chi connectivity index (χ2v) is 1.92. The lowest BCUT2D eigenvalue weighted by Crippen LogP contribution is -1.91. The molecule has 0 spiro atoms. The van der Waals surface area contributed by atoms with Crippen molar-refractivity contribution < 1.29 is 0 Å². The van der Waals surface area contributed by atoms with Gasteiger partial charge in [-0.1, -0.05) is 11.6 Å². The molecule has 1 aromatic rings. The van der Waals surface area contributed by atoms with Crippen molar-refractivity contribution in [2.75, 3.05) is 12.4 Å². The van der Waals surface area contributed by atoms with Gasteiger partial charge in [-0.15, -0.1) is 0 Å². The van der Waals surface area contributed by atoms with Crippen LogP contribution in [0.2, 0.25) is 5.02 Å². The molecular formula is C6H6ClN2. The highest BCUT2D eigenvalue weighted by Crippen LogP contribution is 2.15. The Kier molecular flexibility index (Phi) is 1.90. The monoisotopic (exact) mass is 141 g/mol. The summed E-state index contributed by atoms with van der Waals surface area (Å²) in [5.74, 6) is 0.690. The van der Waals surface area contributed by atoms with Crippen molar-refractivity contribution in [3.05, 3.63) is 23.4 Å². The summed E-state index contributed by atoms with van der Waals surface area (Å²) in [5.41, 5.74) is 0. The number of anilines is 1. The van der Waals surface area contributed by atoms with Crippen molar-refractivity contribution in [2.45, 2.75) is 0 Å². The Hall–Kier alpha value is -0.760. The van der Waals surface area contributed by atoms with Gasteiger partial charge in [0, 0.05) is 19.3 Å². The maximum Gasteiger partial charge on any atom is 0.144 e. The smallest absolute Gasteiger partial charge is 0.144 e. The van der Waals surface area contributed by atoms with Gasteiger partial charge in [0.15, 0.2) is 0 Å². The van der Waals surface area contributed by atoms with Gasteiger partial charge >= 0.3 is 0 Å². The fraction of sp³-hybridized carbons (Fsp3) is 0.167. The largest absolute Gasteiger partial charge is 0.372 e. The standard InChI is InChI=1S/C6H6ClN2/c1-8-6-5(7)3-2-4-9-6/h3-4H,1H3,(H,8,9). The van der Waals surface area contributed by atoms with Crippen LogP contribution in [0.1, 0.15) is 0 Å². The van der Waals surface area contributed by atoms with E-state index in [-0.39, 0.29) is 0 Å². The lowest BCUT2D eigenvalue weighted by molar-refractivity contribution is 1.28. The fourth-order valence-corrected chi connectivity index (χ4v) is 0.733. The fourth-order valence-electron chi connectivity index (χ4n) is 0.526. The third-order valence-corrected chi connectivity index (χ3v) is 1.23. The molecule has 2 nitrogen and oxygen atoms in total. The van der Waals surface area contributed by atoms with Crippen molar-refractivity contribution >= 4 is 17.4 Å². The second-order valence-electron chi connectivity index (χ2n) is 1.52. The molecule has 47 valence electrons. The van der Waals surface area contributed by atoms with E-state index in [0.29, 0.717) is 10.8 Å². The van der Waals surface area contributed by atoms with Crippen molar-refractivity contribution in [1.82, 2.24) is 4.98 Å². The molecule has 0 aliphatic heterocycles. The van der Waals surface area contributed by atoms with Crippen LogP contribution in [-0.2, 0) is 0 Å². The first-order valence-electron chi connectivity index (χ1n) is 2.54. The number of rotatable bonds is 1. The quantitative estimate of drug-likeness (QED) is 0.642. The van der Waals surface area contributed by atoms with Gasteiger partial charge in [0.1, 0.15) is 5.82 Å². The number of halogens is 1. The summed E-state index contributed by atoms with van der Waals surface area (Å²) in [6.07, 6.45) is 1.57. The zero-order valence-electron chi connectivity index (χ0n) is 4.98. The van der Waals surface area contributed by atoms with E-state index < -0.39 is 0 Å². The van der Waals surface area contributed by atoms with E-state index in [0.717, 1.165) is 0 Å². The summed E-state index contributed by atoms with van der Waals surface area (Å²) in [6.45, 7) is 0. The molecule has 0 bridgehead atoms. The van der Waals surface area contributed by atoms with Crippen LogP contribution in [-0.4, -0.2) is 12.0 Å². The molecule has 1 radical (unpaired) electrons. The summed E-state index contributed by atoms with van der Waals surface area (Å²) in [7, 11) is 1.77. The maximum absolute atomic E-state index is 5.67. The summed E-state index contributed by atoms with van der Waals surface area (Å²) in [5, 5.41) is 3.43. The van der Waals surface area contributed by atoms with E-state index in [2.05, 4.69) is 16.4 Å². The van der Waals surface area contributed by atoms with Gasteiger partial charge in [0.05, 0.1) is 5.02 Å². The first-order valence-corrected chi connectivity index (χ1v) is 2.91. The predicted octanol–water partition coefficient (Wildman–Crippen LogP) is 1.58. The topological polar surface area (TPSA) is 24.9 Å². The van der Waals surface area contributed by atoms with Gasteiger partial charge in [-0.05, 0) is 6.07 Å². The lowest BCUT2D eigenvalue weighted by Gasteiger charge is -1.97. The normalized spacial score (nSPS) is 9.11. The van der Waals surface area contributed by atoms with Crippen LogP contribution in [0.5, 0.6) is 0 Å². The predicted molar refractivity (Wildman–Crippen MR) is 37.6 cm³/mol. The average Bonchev–Trinajstić information content (AvgIpc) is 1.89. The SMILES string of the molecule is CNc1nc[c]cc1Cl. The van der Waals surface area contributed by atoms with Crippen molar-refractivity contribution in [1.29, 1.82) is 0 Å². The molecule has 3 heteroatoms. The van der Waals surface area contributed by atoms with Crippen LogP contribution in [0.3, 0.4) is 0 Å². The zero-order valence-corrected chi connectivity index (χ0v) is 5.74. The minimum atomic E-state index is 0.597. The molecular weight excluding hydrogens is 136 g/mol. The third kappa shape index (κ3) is 1.33. The van der Waals surface area contributed by atoms with E-state index in [4.69, 9.17) is 11.6 Å². The summed E-state index contributed by atoms with van der Waals surface area (Å²) in [6, 6.07) is 4.42. The van der Waals surface area contributed by atoms with E-state index in [1.165, 1.54) is 0 Å². The molecule has 0 amide bonds. The van der Waals surface area contributed by atoms with E-state index in [1.807, 2.05) is 0 Å². The van der Waals surface area contributed by atoms with E-state index in [9.17, 15) is 0 Å². The Labute approximate surface area is 58.9 Å². The molecule has 0 saturated carbocycles.